The first-order valence-corrected chi connectivity index (χ1v) is 6.74. The summed E-state index contributed by atoms with van der Waals surface area (Å²) in [5, 5.41) is 3.39. The van der Waals surface area contributed by atoms with Crippen LogP contribution in [-0.4, -0.2) is 9.55 Å². The van der Waals surface area contributed by atoms with Gasteiger partial charge in [-0.2, -0.15) is 0 Å². The van der Waals surface area contributed by atoms with Crippen molar-refractivity contribution in [2.45, 2.75) is 13.5 Å². The third kappa shape index (κ3) is 3.16. The highest BCUT2D eigenvalue weighted by Gasteiger charge is 2.11. The Kier molecular flexibility index (Phi) is 4.27. The quantitative estimate of drug-likeness (QED) is 0.816. The van der Waals surface area contributed by atoms with Gasteiger partial charge in [-0.3, -0.25) is 0 Å². The Bertz CT molecular complexity index is 601. The Morgan fingerprint density at radius 1 is 1.58 bits per heavy atom. The number of rotatable bonds is 4. The molecule has 2 aromatic rings. The van der Waals surface area contributed by atoms with Crippen molar-refractivity contribution in [2.24, 2.45) is 0 Å². The van der Waals surface area contributed by atoms with Crippen molar-refractivity contribution < 1.29 is 4.39 Å². The number of halogens is 3. The summed E-state index contributed by atoms with van der Waals surface area (Å²) in [5.41, 5.74) is 1.46. The van der Waals surface area contributed by atoms with Gasteiger partial charge in [0.05, 0.1) is 16.4 Å². The molecule has 0 saturated heterocycles. The molecule has 0 atom stereocenters. The first-order valence-electron chi connectivity index (χ1n) is 5.57. The molecule has 19 heavy (non-hydrogen) atoms. The van der Waals surface area contributed by atoms with Crippen LogP contribution in [0, 0.1) is 12.7 Å². The number of nitrogens with zero attached hydrogens (tertiary/aromatic N) is 2. The summed E-state index contributed by atoms with van der Waals surface area (Å²) in [7, 11) is 0. The zero-order valence-electron chi connectivity index (χ0n) is 10.3. The van der Waals surface area contributed by atoms with Gasteiger partial charge >= 0.3 is 0 Å². The topological polar surface area (TPSA) is 29.9 Å². The molecule has 1 aromatic heterocycles. The average Bonchev–Trinajstić information content (AvgIpc) is 2.64. The van der Waals surface area contributed by atoms with Crippen LogP contribution in [0.2, 0.25) is 5.02 Å². The molecule has 1 N–H and O–H groups in total. The van der Waals surface area contributed by atoms with E-state index in [4.69, 9.17) is 11.6 Å². The van der Waals surface area contributed by atoms with E-state index >= 15 is 0 Å². The summed E-state index contributed by atoms with van der Waals surface area (Å²) in [5.74, 6) is 0.236. The zero-order valence-corrected chi connectivity index (χ0v) is 12.6. The SMILES string of the molecule is C=CCn1cc(C)nc1Nc1c(Cl)cc(F)cc1Br. The lowest BCUT2D eigenvalue weighted by Crippen LogP contribution is -2.03. The second-order valence-electron chi connectivity index (χ2n) is 4.02. The summed E-state index contributed by atoms with van der Waals surface area (Å²) in [4.78, 5) is 4.36. The Balaban J connectivity index is 2.38. The smallest absolute Gasteiger partial charge is 0.207 e. The fraction of sp³-hybridized carbons (Fsp3) is 0.154. The van der Waals surface area contributed by atoms with E-state index in [1.807, 2.05) is 17.7 Å². The van der Waals surface area contributed by atoms with Gasteiger partial charge in [0.25, 0.3) is 0 Å². The number of anilines is 2. The van der Waals surface area contributed by atoms with Gasteiger partial charge in [0, 0.05) is 17.2 Å². The molecule has 0 bridgehead atoms. The number of hydrogen-bond donors (Lipinski definition) is 1. The van der Waals surface area contributed by atoms with E-state index in [1.165, 1.54) is 12.1 Å². The van der Waals surface area contributed by atoms with Crippen LogP contribution < -0.4 is 5.32 Å². The highest BCUT2D eigenvalue weighted by Crippen LogP contribution is 2.33. The van der Waals surface area contributed by atoms with E-state index in [2.05, 4.69) is 32.8 Å². The average molecular weight is 345 g/mol. The molecule has 0 unspecified atom stereocenters. The van der Waals surface area contributed by atoms with Crippen molar-refractivity contribution in [3.05, 3.63) is 52.0 Å². The summed E-state index contributed by atoms with van der Waals surface area (Å²) < 4.78 is 15.6. The van der Waals surface area contributed by atoms with E-state index in [-0.39, 0.29) is 5.02 Å². The number of allylic oxidation sites excluding steroid dienone is 1. The molecule has 0 radical (unpaired) electrons. The van der Waals surface area contributed by atoms with Crippen molar-refractivity contribution in [1.82, 2.24) is 9.55 Å². The molecule has 0 aliphatic carbocycles. The van der Waals surface area contributed by atoms with Gasteiger partial charge < -0.3 is 9.88 Å². The maximum absolute atomic E-state index is 13.2. The van der Waals surface area contributed by atoms with Crippen LogP contribution in [0.5, 0.6) is 0 Å². The fourth-order valence-electron chi connectivity index (χ4n) is 1.70. The van der Waals surface area contributed by atoms with E-state index in [9.17, 15) is 4.39 Å². The molecule has 1 heterocycles. The van der Waals surface area contributed by atoms with Crippen molar-refractivity contribution in [2.75, 3.05) is 5.32 Å². The molecule has 0 aliphatic rings. The first kappa shape index (κ1) is 14.1. The van der Waals surface area contributed by atoms with Crippen molar-refractivity contribution in [1.29, 1.82) is 0 Å². The number of nitrogens with one attached hydrogen (secondary N) is 1. The second-order valence-corrected chi connectivity index (χ2v) is 5.28. The monoisotopic (exact) mass is 343 g/mol. The maximum atomic E-state index is 13.2. The zero-order chi connectivity index (χ0) is 14.0. The third-order valence-corrected chi connectivity index (χ3v) is 3.39. The molecular formula is C13H12BrClFN3. The maximum Gasteiger partial charge on any atom is 0.207 e. The molecule has 3 nitrogen and oxygen atoms in total. The minimum atomic E-state index is -0.395. The van der Waals surface area contributed by atoms with Crippen LogP contribution >= 0.6 is 27.5 Å². The van der Waals surface area contributed by atoms with Gasteiger partial charge in [0.15, 0.2) is 0 Å². The van der Waals surface area contributed by atoms with E-state index in [0.29, 0.717) is 22.7 Å². The lowest BCUT2D eigenvalue weighted by atomic mass is 10.3. The third-order valence-electron chi connectivity index (χ3n) is 2.47. The molecule has 100 valence electrons. The minimum absolute atomic E-state index is 0.290. The largest absolute Gasteiger partial charge is 0.323 e. The predicted octanol–water partition coefficient (Wildman–Crippen LogP) is 4.68. The Hall–Kier alpha value is -1.33. The highest BCUT2D eigenvalue weighted by molar-refractivity contribution is 9.10. The van der Waals surface area contributed by atoms with Crippen LogP contribution in [0.1, 0.15) is 5.69 Å². The van der Waals surface area contributed by atoms with E-state index in [0.717, 1.165) is 5.69 Å². The molecule has 6 heteroatoms. The Morgan fingerprint density at radius 3 is 2.95 bits per heavy atom. The number of imidazole rings is 1. The minimum Gasteiger partial charge on any atom is -0.323 e. The highest BCUT2D eigenvalue weighted by atomic mass is 79.9. The van der Waals surface area contributed by atoms with Gasteiger partial charge in [-0.1, -0.05) is 17.7 Å². The van der Waals surface area contributed by atoms with Gasteiger partial charge in [0.1, 0.15) is 5.82 Å². The van der Waals surface area contributed by atoms with Crippen molar-refractivity contribution in [3.8, 4) is 0 Å². The molecule has 0 aliphatic heterocycles. The van der Waals surface area contributed by atoms with Crippen LogP contribution in [0.4, 0.5) is 16.0 Å². The Morgan fingerprint density at radius 2 is 2.32 bits per heavy atom. The van der Waals surface area contributed by atoms with Crippen molar-refractivity contribution >= 4 is 39.2 Å². The number of benzene rings is 1. The number of hydrogen-bond acceptors (Lipinski definition) is 2. The molecule has 0 saturated carbocycles. The summed E-state index contributed by atoms with van der Waals surface area (Å²) in [6, 6.07) is 2.60. The molecule has 0 amide bonds. The van der Waals surface area contributed by atoms with Crippen LogP contribution in [0.15, 0.2) is 35.5 Å². The number of aromatic nitrogens is 2. The van der Waals surface area contributed by atoms with E-state index < -0.39 is 5.82 Å². The standard InChI is InChI=1S/C13H12BrClFN3/c1-3-4-19-7-8(2)17-13(19)18-12-10(14)5-9(16)6-11(12)15/h3,5-7H,1,4H2,2H3,(H,17,18). The fourth-order valence-corrected chi connectivity index (χ4v) is 2.60. The van der Waals surface area contributed by atoms with Gasteiger partial charge in [-0.25, -0.2) is 9.37 Å². The van der Waals surface area contributed by atoms with Gasteiger partial charge in [-0.15, -0.1) is 6.58 Å². The molecule has 0 fully saturated rings. The second kappa shape index (κ2) is 5.75. The normalized spacial score (nSPS) is 10.5. The van der Waals surface area contributed by atoms with Crippen LogP contribution in [-0.2, 0) is 6.54 Å². The van der Waals surface area contributed by atoms with Crippen molar-refractivity contribution in [3.63, 3.8) is 0 Å². The predicted molar refractivity (Wildman–Crippen MR) is 79.6 cm³/mol. The lowest BCUT2D eigenvalue weighted by molar-refractivity contribution is 0.627. The molecule has 2 rings (SSSR count). The number of aryl methyl sites for hydroxylation is 1. The van der Waals surface area contributed by atoms with Gasteiger partial charge in [-0.05, 0) is 35.0 Å². The van der Waals surface area contributed by atoms with Crippen LogP contribution in [0.3, 0.4) is 0 Å². The van der Waals surface area contributed by atoms with Gasteiger partial charge in [0.2, 0.25) is 5.95 Å². The first-order chi connectivity index (χ1) is 9.01. The van der Waals surface area contributed by atoms with E-state index in [1.54, 1.807) is 6.08 Å². The molecular weight excluding hydrogens is 333 g/mol. The lowest BCUT2D eigenvalue weighted by Gasteiger charge is -2.11. The molecule has 0 spiro atoms. The van der Waals surface area contributed by atoms with Crippen LogP contribution in [0.25, 0.3) is 0 Å². The molecule has 1 aromatic carbocycles. The summed E-state index contributed by atoms with van der Waals surface area (Å²) in [6.07, 6.45) is 3.67. The summed E-state index contributed by atoms with van der Waals surface area (Å²) >= 11 is 9.31. The summed E-state index contributed by atoms with van der Waals surface area (Å²) in [6.45, 7) is 6.22. The Labute approximate surface area is 124 Å².